The molecule has 15 nitrogen and oxygen atoms in total. The number of thiophene rings is 1. The molecular formula is C103H150N10O5S. The molecule has 13 aromatic heterocycles. The summed E-state index contributed by atoms with van der Waals surface area (Å²) in [4.78, 5) is 18.3. The molecule has 0 fully saturated rings. The minimum atomic E-state index is 0.112. The molecule has 13 heterocycles. The Morgan fingerprint density at radius 3 is 0.958 bits per heavy atom. The van der Waals surface area contributed by atoms with Crippen molar-refractivity contribution < 1.29 is 22.1 Å². The van der Waals surface area contributed by atoms with Gasteiger partial charge in [-0.25, -0.2) is 0 Å². The summed E-state index contributed by atoms with van der Waals surface area (Å²) in [5, 5.41) is 25.8. The molecule has 0 aliphatic carbocycles. The van der Waals surface area contributed by atoms with Gasteiger partial charge in [-0.2, -0.15) is 30.6 Å². The van der Waals surface area contributed by atoms with Crippen LogP contribution in [0.5, 0.6) is 0 Å². The number of hydrogen-bond acceptors (Lipinski definition) is 16. The first kappa shape index (κ1) is 107. The Bertz CT molecular complexity index is 4430. The van der Waals surface area contributed by atoms with Crippen LogP contribution >= 0.6 is 11.3 Å². The molecule has 0 bridgehead atoms. The molecule has 0 aliphatic rings. The average Bonchev–Trinajstić information content (AvgIpc) is 1.53. The zero-order valence-corrected chi connectivity index (χ0v) is 81.8. The Kier molecular flexibility index (Phi) is 45.6. The zero-order chi connectivity index (χ0) is 91.1. The fourth-order valence-electron chi connectivity index (χ4n) is 9.45. The number of furan rings is 5. The molecule has 0 unspecified atom stereocenters. The first-order valence-corrected chi connectivity index (χ1v) is 41.9. The summed E-state index contributed by atoms with van der Waals surface area (Å²) in [6, 6.07) is 40.8. The van der Waals surface area contributed by atoms with E-state index in [4.69, 9.17) is 22.1 Å². The summed E-state index contributed by atoms with van der Waals surface area (Å²) in [5.41, 5.74) is 24.0. The van der Waals surface area contributed by atoms with Gasteiger partial charge in [0.1, 0.15) is 46.1 Å². The maximum atomic E-state index is 5.45. The molecule has 0 amide bonds. The van der Waals surface area contributed by atoms with E-state index in [0.717, 1.165) is 103 Å². The standard InChI is InChI=1S/2C10H15N.C9H14N2.2C9H14O.C9H14S.C8H11N.C7H10N2.C7H9N.C7H10O.C6H8N2.2C6H8O/c1-8-5-6-9(7-11-8)10(2,3)4;1-8-5-6-9(11-7-8)10(2,3)4;1-7-5-6-8(11-10-7)9(2,3)4;1-7-5-8(10-6-7)9(2,3)4;1-7-5-6-8(10-7)9(2,3)4;1-7-5-8(10-6-7)9(2,3)4;1-6-4-8(3)9-5-7(6)2;1-5-4-6(2)8-9-7(5)3;1-6-3-4-7(2)8-5-6;1-5-4-6(2)8-7(5)3;1-5-3-4-6(2)8-7-5;1-5-3-6(2)7-4-5;1-5-3-4-6(2)7-5/h2*5-7H,1-4H3;5-6H,1-4H3;3*5-6H,1-4H3;4-5H,1-3H3;4H,1-3H3;3-5H,1-2H3;4H,1-3H3;3-4H,1-2H3;2*3-4H,1-2H3. The van der Waals surface area contributed by atoms with Crippen LogP contribution in [0.3, 0.4) is 0 Å². The SMILES string of the molecule is Cc1cc(C)c(C)cn1.Cc1cc(C)c(C)nn1.Cc1cc(C)c(C)o1.Cc1ccc(C(C)(C)C)cn1.Cc1ccc(C(C)(C)C)nc1.Cc1ccc(C(C)(C)C)nn1.Cc1ccc(C(C)(C)C)o1.Cc1ccc(C)nc1.Cc1ccc(C)nn1.Cc1ccc(C)o1.Cc1coc(C(C)(C)C)c1.Cc1coc(C)c1.Cc1csc(C(C)(C)C)c1. The van der Waals surface area contributed by atoms with Crippen LogP contribution in [0.1, 0.15) is 288 Å². The summed E-state index contributed by atoms with van der Waals surface area (Å²) < 4.78 is 26.0. The van der Waals surface area contributed by atoms with Gasteiger partial charge in [0.15, 0.2) is 0 Å². The third kappa shape index (κ3) is 48.0. The maximum absolute atomic E-state index is 5.45. The second-order valence-electron chi connectivity index (χ2n) is 36.8. The molecule has 0 aliphatic heterocycles. The molecule has 119 heavy (non-hydrogen) atoms. The van der Waals surface area contributed by atoms with Crippen LogP contribution in [0.25, 0.3) is 0 Å². The number of aromatic nitrogens is 10. The summed E-state index contributed by atoms with van der Waals surface area (Å²) in [6.07, 6.45) is 11.2. The quantitative estimate of drug-likeness (QED) is 0.139. The molecule has 0 N–H and O–H groups in total. The second-order valence-corrected chi connectivity index (χ2v) is 37.7. The normalized spacial score (nSPS) is 10.7. The molecule has 0 saturated carbocycles. The highest BCUT2D eigenvalue weighted by Gasteiger charge is 2.20. The Morgan fingerprint density at radius 1 is 0.252 bits per heavy atom. The van der Waals surface area contributed by atoms with Crippen LogP contribution in [-0.4, -0.2) is 50.5 Å². The minimum absolute atomic E-state index is 0.112. The maximum Gasteiger partial charge on any atom is 0.109 e. The van der Waals surface area contributed by atoms with E-state index in [2.05, 4.69) is 257 Å². The smallest absolute Gasteiger partial charge is 0.109 e. The average molecular weight is 1640 g/mol. The van der Waals surface area contributed by atoms with E-state index in [1.807, 2.05) is 240 Å². The summed E-state index contributed by atoms with van der Waals surface area (Å²) in [5.74, 6) is 8.09. The van der Waals surface area contributed by atoms with Crippen LogP contribution in [0.15, 0.2) is 186 Å². The van der Waals surface area contributed by atoms with Crippen molar-refractivity contribution >= 4 is 11.3 Å². The Balaban J connectivity index is 0.000000646. The van der Waals surface area contributed by atoms with E-state index >= 15 is 0 Å². The predicted molar refractivity (Wildman–Crippen MR) is 502 cm³/mol. The van der Waals surface area contributed by atoms with Gasteiger partial charge >= 0.3 is 0 Å². The van der Waals surface area contributed by atoms with Gasteiger partial charge in [0.05, 0.1) is 46.7 Å². The van der Waals surface area contributed by atoms with Crippen molar-refractivity contribution in [3.8, 4) is 0 Å². The van der Waals surface area contributed by atoms with E-state index in [1.165, 1.54) is 60.5 Å². The van der Waals surface area contributed by atoms with Gasteiger partial charge in [-0.15, -0.1) is 11.3 Å². The first-order valence-electron chi connectivity index (χ1n) is 41.0. The van der Waals surface area contributed by atoms with E-state index in [0.29, 0.717) is 5.41 Å². The highest BCUT2D eigenvalue weighted by atomic mass is 32.1. The number of pyridine rings is 4. The van der Waals surface area contributed by atoms with Gasteiger partial charge in [-0.1, -0.05) is 143 Å². The molecule has 0 spiro atoms. The van der Waals surface area contributed by atoms with Crippen LogP contribution in [-0.2, 0) is 32.5 Å². The van der Waals surface area contributed by atoms with Gasteiger partial charge in [0, 0.05) is 74.1 Å². The molecule has 0 saturated heterocycles. The Labute approximate surface area is 723 Å². The summed E-state index contributed by atoms with van der Waals surface area (Å²) >= 11 is 1.86. The number of nitrogens with zero attached hydrogens (tertiary/aromatic N) is 10. The van der Waals surface area contributed by atoms with E-state index in [9.17, 15) is 0 Å². The summed E-state index contributed by atoms with van der Waals surface area (Å²) in [6.45, 7) is 85.0. The highest BCUT2D eigenvalue weighted by Crippen LogP contribution is 2.29. The molecule has 648 valence electrons. The lowest BCUT2D eigenvalue weighted by atomic mass is 9.88. The predicted octanol–water partition coefficient (Wildman–Crippen LogP) is 28.8. The van der Waals surface area contributed by atoms with E-state index in [-0.39, 0.29) is 27.1 Å². The van der Waals surface area contributed by atoms with Crippen molar-refractivity contribution in [2.45, 2.75) is 316 Å². The first-order chi connectivity index (χ1) is 54.7. The molecule has 13 aromatic rings. The van der Waals surface area contributed by atoms with Gasteiger partial charge in [-0.05, 0) is 334 Å². The molecule has 0 radical (unpaired) electrons. The van der Waals surface area contributed by atoms with Gasteiger partial charge in [0.2, 0.25) is 0 Å². The topological polar surface area (TPSA) is 195 Å². The lowest BCUT2D eigenvalue weighted by Crippen LogP contribution is -2.14. The summed E-state index contributed by atoms with van der Waals surface area (Å²) in [7, 11) is 0. The van der Waals surface area contributed by atoms with Crippen molar-refractivity contribution in [2.75, 3.05) is 0 Å². The van der Waals surface area contributed by atoms with Crippen LogP contribution in [0, 0.1) is 159 Å². The monoisotopic (exact) mass is 1640 g/mol. The Hall–Kier alpha value is -10.1. The van der Waals surface area contributed by atoms with Crippen molar-refractivity contribution in [3.05, 3.63) is 328 Å². The van der Waals surface area contributed by atoms with Crippen molar-refractivity contribution in [2.24, 2.45) is 0 Å². The molecular weight excluding hydrogens is 1490 g/mol. The van der Waals surface area contributed by atoms with Crippen LogP contribution in [0.2, 0.25) is 0 Å². The molecule has 13 rings (SSSR count). The van der Waals surface area contributed by atoms with E-state index in [1.54, 1.807) is 12.5 Å². The van der Waals surface area contributed by atoms with Gasteiger partial charge < -0.3 is 22.1 Å². The van der Waals surface area contributed by atoms with Crippen LogP contribution < -0.4 is 0 Å². The minimum Gasteiger partial charge on any atom is -0.469 e. The third-order valence-corrected chi connectivity index (χ3v) is 18.8. The third-order valence-electron chi connectivity index (χ3n) is 17.3. The molecule has 0 aromatic carbocycles. The number of hydrogen-bond donors (Lipinski definition) is 0. The fraction of sp³-hybridized carbons (Fsp3) is 0.456. The Morgan fingerprint density at radius 2 is 0.697 bits per heavy atom. The molecule has 16 heteroatoms. The van der Waals surface area contributed by atoms with Crippen LogP contribution in [0.4, 0.5) is 0 Å². The van der Waals surface area contributed by atoms with E-state index < -0.39 is 0 Å². The van der Waals surface area contributed by atoms with Crippen molar-refractivity contribution in [1.82, 2.24) is 50.5 Å². The van der Waals surface area contributed by atoms with Crippen molar-refractivity contribution in [1.29, 1.82) is 0 Å². The highest BCUT2D eigenvalue weighted by molar-refractivity contribution is 7.10. The largest absolute Gasteiger partial charge is 0.469 e. The van der Waals surface area contributed by atoms with Gasteiger partial charge in [-0.3, -0.25) is 19.9 Å². The molecule has 0 atom stereocenters. The second kappa shape index (κ2) is 50.8. The fourth-order valence-corrected chi connectivity index (χ4v) is 10.4. The van der Waals surface area contributed by atoms with Gasteiger partial charge in [0.25, 0.3) is 0 Å². The van der Waals surface area contributed by atoms with Crippen molar-refractivity contribution in [3.63, 3.8) is 0 Å². The number of rotatable bonds is 0. The lowest BCUT2D eigenvalue weighted by Gasteiger charge is -2.17. The zero-order valence-electron chi connectivity index (χ0n) is 81.0. The lowest BCUT2D eigenvalue weighted by molar-refractivity contribution is 0.395. The number of aryl methyl sites for hydroxylation is 23.